The Morgan fingerprint density at radius 1 is 1.12 bits per heavy atom. The van der Waals surface area contributed by atoms with E-state index in [-0.39, 0.29) is 5.56 Å². The minimum Gasteiger partial charge on any atom is -0.307 e. The van der Waals surface area contributed by atoms with Crippen LogP contribution in [0.1, 0.15) is 0 Å². The van der Waals surface area contributed by atoms with Gasteiger partial charge in [0.05, 0.1) is 11.9 Å². The van der Waals surface area contributed by atoms with E-state index in [0.29, 0.717) is 5.65 Å². The number of benzene rings is 1. The zero-order valence-corrected chi connectivity index (χ0v) is 8.42. The largest absolute Gasteiger partial charge is 0.307 e. The van der Waals surface area contributed by atoms with Gasteiger partial charge in [-0.2, -0.15) is 5.10 Å². The Kier molecular flexibility index (Phi) is 1.86. The summed E-state index contributed by atoms with van der Waals surface area (Å²) in [5.41, 5.74) is 2.35. The minimum absolute atomic E-state index is 0.119. The predicted octanol–water partition coefficient (Wildman–Crippen LogP) is 1.69. The van der Waals surface area contributed by atoms with Crippen molar-refractivity contribution in [2.75, 3.05) is 0 Å². The molecule has 1 aromatic carbocycles. The first kappa shape index (κ1) is 8.91. The average molecular weight is 211 g/mol. The maximum Gasteiger partial charge on any atom is 0.251 e. The smallest absolute Gasteiger partial charge is 0.251 e. The van der Waals surface area contributed by atoms with Gasteiger partial charge in [-0.1, -0.05) is 30.3 Å². The van der Waals surface area contributed by atoms with Crippen LogP contribution >= 0.6 is 0 Å². The minimum atomic E-state index is -0.119. The summed E-state index contributed by atoms with van der Waals surface area (Å²) in [6.45, 7) is 0. The van der Waals surface area contributed by atoms with Gasteiger partial charge >= 0.3 is 0 Å². The SMILES string of the molecule is O=c1cc(-c2ccccc2)n2nccc2[nH]1. The van der Waals surface area contributed by atoms with Crippen LogP contribution in [0.4, 0.5) is 0 Å². The lowest BCUT2D eigenvalue weighted by atomic mass is 10.1. The maximum absolute atomic E-state index is 11.5. The van der Waals surface area contributed by atoms with Crippen molar-refractivity contribution in [1.29, 1.82) is 0 Å². The van der Waals surface area contributed by atoms with Crippen LogP contribution in [0.25, 0.3) is 16.9 Å². The van der Waals surface area contributed by atoms with Crippen LogP contribution in [0.3, 0.4) is 0 Å². The van der Waals surface area contributed by atoms with Gasteiger partial charge in [-0.3, -0.25) is 4.79 Å². The molecule has 4 heteroatoms. The molecule has 0 fully saturated rings. The molecule has 2 heterocycles. The number of hydrogen-bond donors (Lipinski definition) is 1. The van der Waals surface area contributed by atoms with Crippen molar-refractivity contribution >= 4 is 5.65 Å². The molecule has 2 aromatic heterocycles. The van der Waals surface area contributed by atoms with Crippen molar-refractivity contribution in [1.82, 2.24) is 14.6 Å². The first-order valence-corrected chi connectivity index (χ1v) is 4.97. The van der Waals surface area contributed by atoms with Crippen LogP contribution < -0.4 is 5.56 Å². The lowest BCUT2D eigenvalue weighted by Gasteiger charge is -2.03. The molecule has 0 atom stereocenters. The van der Waals surface area contributed by atoms with Crippen LogP contribution in [0.15, 0.2) is 53.5 Å². The third-order valence-electron chi connectivity index (χ3n) is 2.46. The van der Waals surface area contributed by atoms with Crippen molar-refractivity contribution in [3.63, 3.8) is 0 Å². The van der Waals surface area contributed by atoms with Crippen LogP contribution in [-0.4, -0.2) is 14.6 Å². The summed E-state index contributed by atoms with van der Waals surface area (Å²) >= 11 is 0. The lowest BCUT2D eigenvalue weighted by molar-refractivity contribution is 0.940. The molecule has 0 radical (unpaired) electrons. The molecule has 0 amide bonds. The van der Waals surface area contributed by atoms with E-state index in [2.05, 4.69) is 10.1 Å². The first-order chi connectivity index (χ1) is 7.84. The van der Waals surface area contributed by atoms with Gasteiger partial charge in [0.15, 0.2) is 0 Å². The molecule has 0 aliphatic carbocycles. The van der Waals surface area contributed by atoms with Gasteiger partial charge in [-0.25, -0.2) is 4.52 Å². The average Bonchev–Trinajstić information content (AvgIpc) is 2.77. The zero-order chi connectivity index (χ0) is 11.0. The fourth-order valence-corrected chi connectivity index (χ4v) is 1.75. The summed E-state index contributed by atoms with van der Waals surface area (Å²) in [5, 5.41) is 4.18. The van der Waals surface area contributed by atoms with E-state index >= 15 is 0 Å². The van der Waals surface area contributed by atoms with Gasteiger partial charge in [0, 0.05) is 17.7 Å². The van der Waals surface area contributed by atoms with E-state index in [4.69, 9.17) is 0 Å². The molecule has 0 saturated carbocycles. The number of fused-ring (bicyclic) bond motifs is 1. The number of nitrogens with zero attached hydrogens (tertiary/aromatic N) is 2. The van der Waals surface area contributed by atoms with E-state index in [1.54, 1.807) is 22.8 Å². The zero-order valence-electron chi connectivity index (χ0n) is 8.42. The Morgan fingerprint density at radius 3 is 2.75 bits per heavy atom. The number of hydrogen-bond acceptors (Lipinski definition) is 2. The van der Waals surface area contributed by atoms with E-state index in [9.17, 15) is 4.79 Å². The normalized spacial score (nSPS) is 10.8. The van der Waals surface area contributed by atoms with Crippen molar-refractivity contribution in [2.24, 2.45) is 0 Å². The number of rotatable bonds is 1. The summed E-state index contributed by atoms with van der Waals surface area (Å²) in [7, 11) is 0. The number of H-pyrrole nitrogens is 1. The van der Waals surface area contributed by atoms with Gasteiger partial charge in [0.2, 0.25) is 0 Å². The van der Waals surface area contributed by atoms with E-state index in [1.165, 1.54) is 0 Å². The molecule has 3 aromatic rings. The Morgan fingerprint density at radius 2 is 1.94 bits per heavy atom. The Labute approximate surface area is 91.2 Å². The van der Waals surface area contributed by atoms with E-state index in [0.717, 1.165) is 11.3 Å². The number of aromatic nitrogens is 3. The van der Waals surface area contributed by atoms with Crippen molar-refractivity contribution in [3.05, 3.63) is 59.0 Å². The maximum atomic E-state index is 11.5. The van der Waals surface area contributed by atoms with Gasteiger partial charge in [0.25, 0.3) is 5.56 Å². The first-order valence-electron chi connectivity index (χ1n) is 4.97. The van der Waals surface area contributed by atoms with Crippen LogP contribution in [0.5, 0.6) is 0 Å². The molecule has 0 saturated heterocycles. The fraction of sp³-hybridized carbons (Fsp3) is 0. The van der Waals surface area contributed by atoms with Crippen molar-refractivity contribution in [2.45, 2.75) is 0 Å². The van der Waals surface area contributed by atoms with Crippen LogP contribution in [0, 0.1) is 0 Å². The molecule has 4 nitrogen and oxygen atoms in total. The highest BCUT2D eigenvalue weighted by Gasteiger charge is 2.05. The highest BCUT2D eigenvalue weighted by atomic mass is 16.1. The molecular formula is C12H9N3O. The van der Waals surface area contributed by atoms with E-state index in [1.807, 2.05) is 30.3 Å². The standard InChI is InChI=1S/C12H9N3O/c16-12-8-10(9-4-2-1-3-5-9)15-11(14-12)6-7-13-15/h1-8H,(H,14,16). The summed E-state index contributed by atoms with van der Waals surface area (Å²) < 4.78 is 1.72. The Hall–Kier alpha value is -2.36. The Bertz CT molecular complexity index is 682. The highest BCUT2D eigenvalue weighted by Crippen LogP contribution is 2.16. The fourth-order valence-electron chi connectivity index (χ4n) is 1.75. The lowest BCUT2D eigenvalue weighted by Crippen LogP contribution is -2.09. The van der Waals surface area contributed by atoms with E-state index < -0.39 is 0 Å². The number of aromatic amines is 1. The summed E-state index contributed by atoms with van der Waals surface area (Å²) in [5.74, 6) is 0. The van der Waals surface area contributed by atoms with Crippen LogP contribution in [0.2, 0.25) is 0 Å². The van der Waals surface area contributed by atoms with Crippen molar-refractivity contribution < 1.29 is 0 Å². The third-order valence-corrected chi connectivity index (χ3v) is 2.46. The molecule has 78 valence electrons. The monoisotopic (exact) mass is 211 g/mol. The summed E-state index contributed by atoms with van der Waals surface area (Å²) in [4.78, 5) is 14.2. The van der Waals surface area contributed by atoms with Gasteiger partial charge in [-0.05, 0) is 0 Å². The van der Waals surface area contributed by atoms with Gasteiger partial charge in [-0.15, -0.1) is 0 Å². The van der Waals surface area contributed by atoms with Gasteiger partial charge in [0.1, 0.15) is 5.65 Å². The van der Waals surface area contributed by atoms with Gasteiger partial charge < -0.3 is 4.98 Å². The van der Waals surface area contributed by atoms with Crippen LogP contribution in [-0.2, 0) is 0 Å². The number of nitrogens with one attached hydrogen (secondary N) is 1. The quantitative estimate of drug-likeness (QED) is 0.665. The molecule has 0 unspecified atom stereocenters. The third kappa shape index (κ3) is 1.32. The van der Waals surface area contributed by atoms with Crippen molar-refractivity contribution in [3.8, 4) is 11.3 Å². The topological polar surface area (TPSA) is 50.2 Å². The molecule has 0 aliphatic rings. The molecule has 0 bridgehead atoms. The predicted molar refractivity (Wildman–Crippen MR) is 61.2 cm³/mol. The highest BCUT2D eigenvalue weighted by molar-refractivity contribution is 5.61. The second kappa shape index (κ2) is 3.34. The summed E-state index contributed by atoms with van der Waals surface area (Å²) in [6.07, 6.45) is 1.66. The molecule has 1 N–H and O–H groups in total. The molecule has 0 aliphatic heterocycles. The molecule has 3 rings (SSSR count). The second-order valence-electron chi connectivity index (χ2n) is 3.51. The second-order valence-corrected chi connectivity index (χ2v) is 3.51. The summed E-state index contributed by atoms with van der Waals surface area (Å²) in [6, 6.07) is 13.0. The molecule has 16 heavy (non-hydrogen) atoms. The molecular weight excluding hydrogens is 202 g/mol. The molecule has 0 spiro atoms. The Balaban J connectivity index is 2.39.